The summed E-state index contributed by atoms with van der Waals surface area (Å²) in [6, 6.07) is 90.4. The highest BCUT2D eigenvalue weighted by atomic mass is 16.3. The molecule has 0 aliphatic heterocycles. The van der Waals surface area contributed by atoms with Crippen LogP contribution in [0.15, 0.2) is 253 Å². The van der Waals surface area contributed by atoms with Gasteiger partial charge in [-0.25, -0.2) is 0 Å². The Balaban J connectivity index is 0.812. The normalized spacial score (nSPS) is 12.0. The lowest BCUT2D eigenvalue weighted by atomic mass is 10.0. The second-order valence-corrected chi connectivity index (χ2v) is 18.5. The van der Waals surface area contributed by atoms with Crippen LogP contribution < -0.4 is 4.90 Å². The molecule has 0 unspecified atom stereocenters. The predicted molar refractivity (Wildman–Crippen MR) is 294 cm³/mol. The number of aromatic nitrogens is 2. The molecular formula is C66H41N3O. The van der Waals surface area contributed by atoms with Gasteiger partial charge < -0.3 is 18.3 Å². The molecule has 70 heavy (non-hydrogen) atoms. The van der Waals surface area contributed by atoms with Crippen LogP contribution in [-0.4, -0.2) is 8.97 Å². The van der Waals surface area contributed by atoms with Gasteiger partial charge in [-0.3, -0.25) is 0 Å². The Morgan fingerprint density at radius 3 is 1.36 bits per heavy atom. The summed E-state index contributed by atoms with van der Waals surface area (Å²) >= 11 is 0. The molecule has 11 aromatic carbocycles. The molecule has 0 aliphatic rings. The minimum Gasteiger partial charge on any atom is -0.456 e. The highest BCUT2D eigenvalue weighted by Crippen LogP contribution is 2.43. The third-order valence-corrected chi connectivity index (χ3v) is 14.7. The van der Waals surface area contributed by atoms with Crippen molar-refractivity contribution < 1.29 is 4.42 Å². The van der Waals surface area contributed by atoms with E-state index in [-0.39, 0.29) is 0 Å². The number of anilines is 3. The van der Waals surface area contributed by atoms with Crippen LogP contribution in [0.1, 0.15) is 0 Å². The number of nitrogens with zero attached hydrogens (tertiary/aromatic N) is 3. The summed E-state index contributed by atoms with van der Waals surface area (Å²) in [6.07, 6.45) is 0. The van der Waals surface area contributed by atoms with Crippen molar-refractivity contribution in [2.24, 2.45) is 0 Å². The lowest BCUT2D eigenvalue weighted by molar-refractivity contribution is 0.669. The first-order chi connectivity index (χ1) is 34.7. The topological polar surface area (TPSA) is 25.7 Å². The third kappa shape index (κ3) is 5.84. The molecular weight excluding hydrogens is 851 g/mol. The summed E-state index contributed by atoms with van der Waals surface area (Å²) in [5, 5.41) is 9.92. The molecule has 0 radical (unpaired) electrons. The maximum atomic E-state index is 6.29. The summed E-state index contributed by atoms with van der Waals surface area (Å²) in [5.41, 5.74) is 19.4. The Kier molecular flexibility index (Phi) is 8.33. The van der Waals surface area contributed by atoms with E-state index >= 15 is 0 Å². The molecule has 4 heterocycles. The van der Waals surface area contributed by atoms with E-state index < -0.39 is 0 Å². The quantitative estimate of drug-likeness (QED) is 0.159. The SMILES string of the molecule is c1ccc(-n2c3ccccc3c3cc(-c4ccc(N(c5ccc(-c6ccc7c(c6)oc6ccccc67)cc5)c5ccc(-c6ccc7c(c6)c6cccc8c9ccccc9n7c86)cc5)cc4)ccc32)cc1. The molecule has 4 aromatic heterocycles. The van der Waals surface area contributed by atoms with Crippen LogP contribution >= 0.6 is 0 Å². The van der Waals surface area contributed by atoms with Gasteiger partial charge in [0, 0.05) is 65.8 Å². The van der Waals surface area contributed by atoms with E-state index in [1.165, 1.54) is 82.2 Å². The smallest absolute Gasteiger partial charge is 0.136 e. The molecule has 15 aromatic rings. The van der Waals surface area contributed by atoms with Gasteiger partial charge in [-0.1, -0.05) is 146 Å². The van der Waals surface area contributed by atoms with E-state index in [0.29, 0.717) is 0 Å². The molecule has 0 aliphatic carbocycles. The Morgan fingerprint density at radius 1 is 0.271 bits per heavy atom. The molecule has 15 rings (SSSR count). The fraction of sp³-hybridized carbons (Fsp3) is 0. The van der Waals surface area contributed by atoms with Gasteiger partial charge >= 0.3 is 0 Å². The van der Waals surface area contributed by atoms with Gasteiger partial charge in [-0.15, -0.1) is 0 Å². The average molecular weight is 892 g/mol. The van der Waals surface area contributed by atoms with Gasteiger partial charge in [0.2, 0.25) is 0 Å². The first-order valence-corrected chi connectivity index (χ1v) is 24.0. The predicted octanol–water partition coefficient (Wildman–Crippen LogP) is 18.3. The van der Waals surface area contributed by atoms with Gasteiger partial charge in [0.1, 0.15) is 11.2 Å². The summed E-state index contributed by atoms with van der Waals surface area (Å²) in [7, 11) is 0. The summed E-state index contributed by atoms with van der Waals surface area (Å²) in [6.45, 7) is 0. The largest absolute Gasteiger partial charge is 0.456 e. The minimum atomic E-state index is 0.897. The number of hydrogen-bond acceptors (Lipinski definition) is 2. The second-order valence-electron chi connectivity index (χ2n) is 18.5. The van der Waals surface area contributed by atoms with Crippen LogP contribution in [0.2, 0.25) is 0 Å². The molecule has 0 atom stereocenters. The Labute approximate surface area is 403 Å². The van der Waals surface area contributed by atoms with Crippen molar-refractivity contribution in [3.63, 3.8) is 0 Å². The van der Waals surface area contributed by atoms with Crippen LogP contribution in [0.3, 0.4) is 0 Å². The summed E-state index contributed by atoms with van der Waals surface area (Å²) in [4.78, 5) is 2.36. The van der Waals surface area contributed by atoms with Crippen molar-refractivity contribution in [1.29, 1.82) is 0 Å². The zero-order valence-electron chi connectivity index (χ0n) is 37.9. The van der Waals surface area contributed by atoms with E-state index in [9.17, 15) is 0 Å². The van der Waals surface area contributed by atoms with E-state index in [1.807, 2.05) is 12.1 Å². The number of benzene rings is 11. The first kappa shape index (κ1) is 38.7. The third-order valence-electron chi connectivity index (χ3n) is 14.7. The van der Waals surface area contributed by atoms with Gasteiger partial charge in [-0.05, 0) is 137 Å². The monoisotopic (exact) mass is 891 g/mol. The van der Waals surface area contributed by atoms with E-state index in [1.54, 1.807) is 0 Å². The van der Waals surface area contributed by atoms with Gasteiger partial charge in [0.25, 0.3) is 0 Å². The number of para-hydroxylation sites is 5. The zero-order valence-corrected chi connectivity index (χ0v) is 37.9. The Morgan fingerprint density at radius 2 is 0.700 bits per heavy atom. The lowest BCUT2D eigenvalue weighted by Gasteiger charge is -2.26. The fourth-order valence-electron chi connectivity index (χ4n) is 11.4. The lowest BCUT2D eigenvalue weighted by Crippen LogP contribution is -2.09. The standard InChI is InChI=1S/C66H41N3O/c1-2-11-48(12-3-1)68-60-18-7-5-14-53(60)58-39-45(28-37-62(58)68)42-21-30-49(31-22-42)67(51-34-25-44(26-35-51)47-27-36-55-54-15-6-9-20-64(54)70-65(55)41-47)50-32-23-43(24-33-50)46-29-38-63-59(40-46)57-17-10-16-56-52-13-4-8-19-61(52)69(63)66(56)57/h1-41H. The number of fused-ring (bicyclic) bond motifs is 12. The Hall–Kier alpha value is -9.38. The molecule has 4 heteroatoms. The molecule has 0 bridgehead atoms. The van der Waals surface area contributed by atoms with Gasteiger partial charge in [0.05, 0.1) is 27.6 Å². The first-order valence-electron chi connectivity index (χ1n) is 24.0. The van der Waals surface area contributed by atoms with E-state index in [0.717, 1.165) is 55.8 Å². The maximum absolute atomic E-state index is 6.29. The van der Waals surface area contributed by atoms with Crippen LogP contribution in [-0.2, 0) is 0 Å². The molecule has 4 nitrogen and oxygen atoms in total. The van der Waals surface area contributed by atoms with Crippen LogP contribution in [0.4, 0.5) is 17.1 Å². The molecule has 0 amide bonds. The minimum absolute atomic E-state index is 0.897. The Bertz CT molecular complexity index is 4500. The highest BCUT2D eigenvalue weighted by molar-refractivity contribution is 6.23. The molecule has 326 valence electrons. The van der Waals surface area contributed by atoms with E-state index in [4.69, 9.17) is 4.42 Å². The van der Waals surface area contributed by atoms with Crippen molar-refractivity contribution in [3.05, 3.63) is 249 Å². The van der Waals surface area contributed by atoms with Crippen LogP contribution in [0.5, 0.6) is 0 Å². The molecule has 0 N–H and O–H groups in total. The molecule has 0 spiro atoms. The molecule has 0 saturated heterocycles. The highest BCUT2D eigenvalue weighted by Gasteiger charge is 2.19. The summed E-state index contributed by atoms with van der Waals surface area (Å²) < 4.78 is 11.1. The van der Waals surface area contributed by atoms with Crippen LogP contribution in [0.25, 0.3) is 121 Å². The van der Waals surface area contributed by atoms with Crippen molar-refractivity contribution in [1.82, 2.24) is 8.97 Å². The van der Waals surface area contributed by atoms with Crippen molar-refractivity contribution in [2.75, 3.05) is 4.90 Å². The van der Waals surface area contributed by atoms with Crippen molar-refractivity contribution >= 4 is 98.9 Å². The summed E-state index contributed by atoms with van der Waals surface area (Å²) in [5.74, 6) is 0. The number of rotatable bonds is 7. The maximum Gasteiger partial charge on any atom is 0.136 e. The average Bonchev–Trinajstić information content (AvgIpc) is 4.17. The second kappa shape index (κ2) is 15.1. The van der Waals surface area contributed by atoms with Gasteiger partial charge in [-0.2, -0.15) is 0 Å². The fourth-order valence-corrected chi connectivity index (χ4v) is 11.4. The van der Waals surface area contributed by atoms with E-state index in [2.05, 4.69) is 250 Å². The van der Waals surface area contributed by atoms with Crippen LogP contribution in [0, 0.1) is 0 Å². The molecule has 0 fully saturated rings. The van der Waals surface area contributed by atoms with Gasteiger partial charge in [0.15, 0.2) is 0 Å². The van der Waals surface area contributed by atoms with Crippen molar-refractivity contribution in [3.8, 4) is 39.1 Å². The van der Waals surface area contributed by atoms with Crippen molar-refractivity contribution in [2.45, 2.75) is 0 Å². The molecule has 0 saturated carbocycles. The number of furan rings is 1. The zero-order chi connectivity index (χ0) is 45.9. The number of hydrogen-bond donors (Lipinski definition) is 0.